The lowest BCUT2D eigenvalue weighted by atomic mass is 10.0. The SMILES string of the molecule is Cc1ccc(-c2cc(C(=O)N/N=C/c3coc4ccc(C(C)C)cc4c3=O)cc(-c3ccccc3)n2)cc1. The summed E-state index contributed by atoms with van der Waals surface area (Å²) >= 11 is 0. The van der Waals surface area contributed by atoms with Crippen LogP contribution in [0.2, 0.25) is 0 Å². The lowest BCUT2D eigenvalue weighted by Crippen LogP contribution is -2.19. The summed E-state index contributed by atoms with van der Waals surface area (Å²) in [6.07, 6.45) is 2.66. The quantitative estimate of drug-likeness (QED) is 0.207. The standard InChI is InChI=1S/C32H27N3O3/c1-20(2)24-13-14-30-27(15-24)31(36)26(19-38-30)18-33-35-32(37)25-16-28(22-7-5-4-6-8-22)34-29(17-25)23-11-9-21(3)10-12-23/h4-20H,1-3H3,(H,35,37)/b33-18+. The van der Waals surface area contributed by atoms with Gasteiger partial charge < -0.3 is 4.42 Å². The molecule has 5 aromatic rings. The zero-order valence-corrected chi connectivity index (χ0v) is 21.4. The van der Waals surface area contributed by atoms with Crippen molar-refractivity contribution < 1.29 is 9.21 Å². The van der Waals surface area contributed by atoms with E-state index < -0.39 is 5.91 Å². The fourth-order valence-electron chi connectivity index (χ4n) is 4.13. The van der Waals surface area contributed by atoms with Crippen LogP contribution in [0.15, 0.2) is 106 Å². The van der Waals surface area contributed by atoms with Crippen molar-refractivity contribution in [3.8, 4) is 22.5 Å². The number of pyridine rings is 1. The van der Waals surface area contributed by atoms with Crippen LogP contribution in [0.25, 0.3) is 33.5 Å². The topological polar surface area (TPSA) is 84.6 Å². The highest BCUT2D eigenvalue weighted by Gasteiger charge is 2.13. The van der Waals surface area contributed by atoms with Crippen LogP contribution >= 0.6 is 0 Å². The first-order valence-electron chi connectivity index (χ1n) is 12.4. The molecule has 38 heavy (non-hydrogen) atoms. The minimum Gasteiger partial charge on any atom is -0.463 e. The van der Waals surface area contributed by atoms with Gasteiger partial charge >= 0.3 is 0 Å². The van der Waals surface area contributed by atoms with Crippen LogP contribution in [0, 0.1) is 6.92 Å². The van der Waals surface area contributed by atoms with E-state index in [9.17, 15) is 9.59 Å². The molecule has 0 aliphatic rings. The molecular formula is C32H27N3O3. The summed E-state index contributed by atoms with van der Waals surface area (Å²) in [6, 6.07) is 26.7. The molecule has 0 saturated heterocycles. The largest absolute Gasteiger partial charge is 0.463 e. The zero-order valence-electron chi connectivity index (χ0n) is 21.4. The lowest BCUT2D eigenvalue weighted by Gasteiger charge is -2.09. The van der Waals surface area contributed by atoms with E-state index in [2.05, 4.69) is 24.4 Å². The Morgan fingerprint density at radius 2 is 1.61 bits per heavy atom. The number of hydrogen-bond acceptors (Lipinski definition) is 5. The summed E-state index contributed by atoms with van der Waals surface area (Å²) in [6.45, 7) is 6.15. The molecule has 0 radical (unpaired) electrons. The second-order valence-electron chi connectivity index (χ2n) is 9.49. The Bertz CT molecular complexity index is 1700. The number of nitrogens with one attached hydrogen (secondary N) is 1. The van der Waals surface area contributed by atoms with Gasteiger partial charge in [-0.25, -0.2) is 10.4 Å². The third kappa shape index (κ3) is 5.30. The minimum absolute atomic E-state index is 0.205. The van der Waals surface area contributed by atoms with Crippen molar-refractivity contribution in [2.45, 2.75) is 26.7 Å². The molecular weight excluding hydrogens is 474 g/mol. The molecule has 0 bridgehead atoms. The molecule has 0 fully saturated rings. The molecule has 188 valence electrons. The van der Waals surface area contributed by atoms with E-state index in [1.807, 2.05) is 73.7 Å². The highest BCUT2D eigenvalue weighted by molar-refractivity contribution is 5.97. The van der Waals surface area contributed by atoms with Crippen molar-refractivity contribution in [1.29, 1.82) is 0 Å². The van der Waals surface area contributed by atoms with Crippen LogP contribution in [-0.2, 0) is 0 Å². The average molecular weight is 502 g/mol. The predicted octanol–water partition coefficient (Wildman–Crippen LogP) is 6.72. The third-order valence-corrected chi connectivity index (χ3v) is 6.36. The molecule has 2 aromatic heterocycles. The first-order chi connectivity index (χ1) is 18.4. The third-order valence-electron chi connectivity index (χ3n) is 6.36. The summed E-state index contributed by atoms with van der Waals surface area (Å²) < 4.78 is 5.63. The monoisotopic (exact) mass is 501 g/mol. The Balaban J connectivity index is 1.45. The first-order valence-corrected chi connectivity index (χ1v) is 12.4. The number of benzene rings is 3. The number of carbonyl (C=O) groups is 1. The highest BCUT2D eigenvalue weighted by atomic mass is 16.3. The highest BCUT2D eigenvalue weighted by Crippen LogP contribution is 2.25. The second-order valence-corrected chi connectivity index (χ2v) is 9.49. The van der Waals surface area contributed by atoms with Crippen molar-refractivity contribution in [2.75, 3.05) is 0 Å². The number of hydrazone groups is 1. The summed E-state index contributed by atoms with van der Waals surface area (Å²) in [5.74, 6) is -0.136. The number of aromatic nitrogens is 1. The van der Waals surface area contributed by atoms with Gasteiger partial charge in [0.1, 0.15) is 11.8 Å². The van der Waals surface area contributed by atoms with Gasteiger partial charge in [-0.2, -0.15) is 5.10 Å². The molecule has 6 heteroatoms. The molecule has 1 N–H and O–H groups in total. The average Bonchev–Trinajstić information content (AvgIpc) is 2.94. The molecule has 0 unspecified atom stereocenters. The normalized spacial score (nSPS) is 11.4. The van der Waals surface area contributed by atoms with E-state index in [0.29, 0.717) is 27.9 Å². The number of fused-ring (bicyclic) bond motifs is 1. The van der Waals surface area contributed by atoms with E-state index >= 15 is 0 Å². The van der Waals surface area contributed by atoms with Crippen LogP contribution in [0.5, 0.6) is 0 Å². The van der Waals surface area contributed by atoms with Gasteiger partial charge in [-0.05, 0) is 42.7 Å². The van der Waals surface area contributed by atoms with Gasteiger partial charge in [0.15, 0.2) is 0 Å². The van der Waals surface area contributed by atoms with E-state index in [-0.39, 0.29) is 16.9 Å². The van der Waals surface area contributed by atoms with Crippen LogP contribution < -0.4 is 10.9 Å². The maximum absolute atomic E-state index is 13.1. The molecule has 0 saturated carbocycles. The summed E-state index contributed by atoms with van der Waals surface area (Å²) in [5.41, 5.74) is 8.83. The Kier molecular flexibility index (Phi) is 6.96. The maximum atomic E-state index is 13.1. The number of carbonyl (C=O) groups excluding carboxylic acids is 1. The summed E-state index contributed by atoms with van der Waals surface area (Å²) in [7, 11) is 0. The molecule has 0 aliphatic carbocycles. The summed E-state index contributed by atoms with van der Waals surface area (Å²) in [4.78, 5) is 30.9. The van der Waals surface area contributed by atoms with E-state index in [4.69, 9.17) is 9.40 Å². The van der Waals surface area contributed by atoms with Crippen molar-refractivity contribution in [1.82, 2.24) is 10.4 Å². The van der Waals surface area contributed by atoms with Gasteiger partial charge in [-0.3, -0.25) is 9.59 Å². The van der Waals surface area contributed by atoms with Crippen molar-refractivity contribution >= 4 is 23.1 Å². The molecule has 2 heterocycles. The van der Waals surface area contributed by atoms with Crippen LogP contribution in [0.1, 0.15) is 46.8 Å². The number of aryl methyl sites for hydroxylation is 1. The number of rotatable bonds is 6. The predicted molar refractivity (Wildman–Crippen MR) is 151 cm³/mol. The van der Waals surface area contributed by atoms with Gasteiger partial charge in [0.05, 0.1) is 28.6 Å². The Hall–Kier alpha value is -4.84. The molecule has 0 atom stereocenters. The fraction of sp³-hybridized carbons (Fsp3) is 0.125. The maximum Gasteiger partial charge on any atom is 0.271 e. The molecule has 1 amide bonds. The number of amides is 1. The summed E-state index contributed by atoms with van der Waals surface area (Å²) in [5, 5.41) is 4.54. The van der Waals surface area contributed by atoms with Crippen molar-refractivity contribution in [3.05, 3.63) is 124 Å². The smallest absolute Gasteiger partial charge is 0.271 e. The van der Waals surface area contributed by atoms with Gasteiger partial charge in [0.2, 0.25) is 5.43 Å². The molecule has 0 aliphatic heterocycles. The van der Waals surface area contributed by atoms with Crippen LogP contribution in [0.4, 0.5) is 0 Å². The van der Waals surface area contributed by atoms with E-state index in [0.717, 1.165) is 22.3 Å². The van der Waals surface area contributed by atoms with Gasteiger partial charge in [-0.1, -0.05) is 80.1 Å². The number of nitrogens with zero attached hydrogens (tertiary/aromatic N) is 2. The Morgan fingerprint density at radius 3 is 2.29 bits per heavy atom. The molecule has 5 rings (SSSR count). The van der Waals surface area contributed by atoms with Crippen LogP contribution in [0.3, 0.4) is 0 Å². The molecule has 0 spiro atoms. The molecule has 3 aromatic carbocycles. The van der Waals surface area contributed by atoms with E-state index in [1.54, 1.807) is 18.2 Å². The van der Waals surface area contributed by atoms with E-state index in [1.165, 1.54) is 12.5 Å². The van der Waals surface area contributed by atoms with Gasteiger partial charge in [0.25, 0.3) is 5.91 Å². The minimum atomic E-state index is -0.415. The van der Waals surface area contributed by atoms with Crippen molar-refractivity contribution in [3.63, 3.8) is 0 Å². The van der Waals surface area contributed by atoms with Gasteiger partial charge in [-0.15, -0.1) is 0 Å². The molecule has 6 nitrogen and oxygen atoms in total. The second kappa shape index (κ2) is 10.6. The Labute approximate surface area is 220 Å². The lowest BCUT2D eigenvalue weighted by molar-refractivity contribution is 0.0955. The fourth-order valence-corrected chi connectivity index (χ4v) is 4.13. The first kappa shape index (κ1) is 24.8. The van der Waals surface area contributed by atoms with Crippen LogP contribution in [-0.4, -0.2) is 17.1 Å². The number of hydrogen-bond donors (Lipinski definition) is 1. The zero-order chi connectivity index (χ0) is 26.6. The van der Waals surface area contributed by atoms with Gasteiger partial charge in [0, 0.05) is 16.7 Å². The Morgan fingerprint density at radius 1 is 0.921 bits per heavy atom. The van der Waals surface area contributed by atoms with Crippen molar-refractivity contribution in [2.24, 2.45) is 5.10 Å².